The Bertz CT molecular complexity index is 293. The third kappa shape index (κ3) is 5.11. The van der Waals surface area contributed by atoms with Gasteiger partial charge in [0.15, 0.2) is 0 Å². The fourth-order valence-electron chi connectivity index (χ4n) is 1.32. The Morgan fingerprint density at radius 2 is 1.94 bits per heavy atom. The van der Waals surface area contributed by atoms with Gasteiger partial charge in [-0.15, -0.1) is 0 Å². The molecule has 0 aliphatic rings. The van der Waals surface area contributed by atoms with Crippen LogP contribution >= 0.6 is 0 Å². The van der Waals surface area contributed by atoms with Crippen molar-refractivity contribution in [2.45, 2.75) is 40.3 Å². The van der Waals surface area contributed by atoms with Crippen LogP contribution in [0.2, 0.25) is 0 Å². The molecule has 0 aliphatic carbocycles. The summed E-state index contributed by atoms with van der Waals surface area (Å²) in [5.41, 5.74) is 2.31. The molecule has 0 radical (unpaired) electrons. The van der Waals surface area contributed by atoms with Crippen LogP contribution in [0.5, 0.6) is 0 Å². The lowest BCUT2D eigenvalue weighted by molar-refractivity contribution is 0.300. The lowest BCUT2D eigenvalue weighted by Gasteiger charge is -2.08. The van der Waals surface area contributed by atoms with Crippen molar-refractivity contribution in [1.82, 2.24) is 0 Å². The molecule has 0 aromatic heterocycles. The van der Waals surface area contributed by atoms with Crippen molar-refractivity contribution in [3.05, 3.63) is 48.1 Å². The Labute approximate surface area is 99.3 Å². The Kier molecular flexibility index (Phi) is 7.53. The smallest absolute Gasteiger partial charge is 0.103 e. The monoisotopic (exact) mass is 222 g/mol. The van der Waals surface area contributed by atoms with E-state index in [2.05, 4.69) is 13.5 Å². The van der Waals surface area contributed by atoms with Crippen molar-refractivity contribution in [3.8, 4) is 0 Å². The molecule has 16 heavy (non-hydrogen) atoms. The van der Waals surface area contributed by atoms with Gasteiger partial charge in [0.25, 0.3) is 0 Å². The van der Waals surface area contributed by atoms with Crippen LogP contribution in [-0.2, 0) is 0 Å². The molecule has 2 atom stereocenters. The third-order valence-corrected chi connectivity index (χ3v) is 2.64. The van der Waals surface area contributed by atoms with Gasteiger partial charge in [-0.05, 0) is 31.4 Å². The number of halogens is 1. The number of alkyl halides is 1. The molecule has 0 aromatic carbocycles. The highest BCUT2D eigenvalue weighted by Gasteiger charge is 2.06. The normalized spacial score (nSPS) is 17.6. The van der Waals surface area contributed by atoms with Gasteiger partial charge in [0, 0.05) is 5.92 Å². The second-order valence-corrected chi connectivity index (χ2v) is 3.93. The van der Waals surface area contributed by atoms with Gasteiger partial charge in [-0.3, -0.25) is 0 Å². The summed E-state index contributed by atoms with van der Waals surface area (Å²) in [7, 11) is 0. The molecule has 0 N–H and O–H groups in total. The van der Waals surface area contributed by atoms with Gasteiger partial charge < -0.3 is 0 Å². The maximum Gasteiger partial charge on any atom is 0.103 e. The molecular formula is C15H23F. The van der Waals surface area contributed by atoms with Crippen LogP contribution in [0.3, 0.4) is 0 Å². The molecular weight excluding hydrogens is 199 g/mol. The highest BCUT2D eigenvalue weighted by Crippen LogP contribution is 2.16. The average molecular weight is 222 g/mol. The summed E-state index contributed by atoms with van der Waals surface area (Å²) < 4.78 is 13.0. The lowest BCUT2D eigenvalue weighted by atomic mass is 10.0. The summed E-state index contributed by atoms with van der Waals surface area (Å²) >= 11 is 0. The zero-order chi connectivity index (χ0) is 12.6. The predicted molar refractivity (Wildman–Crippen MR) is 71.2 cm³/mol. The van der Waals surface area contributed by atoms with E-state index in [9.17, 15) is 4.39 Å². The van der Waals surface area contributed by atoms with Crippen LogP contribution < -0.4 is 0 Å². The number of hydrogen-bond donors (Lipinski definition) is 0. The molecule has 0 rings (SSSR count). The summed E-state index contributed by atoms with van der Waals surface area (Å²) in [5.74, 6) is -0.0433. The van der Waals surface area contributed by atoms with E-state index in [4.69, 9.17) is 0 Å². The van der Waals surface area contributed by atoms with Crippen molar-refractivity contribution >= 4 is 0 Å². The van der Waals surface area contributed by atoms with E-state index < -0.39 is 6.17 Å². The van der Waals surface area contributed by atoms with E-state index >= 15 is 0 Å². The van der Waals surface area contributed by atoms with Crippen molar-refractivity contribution in [2.75, 3.05) is 0 Å². The highest BCUT2D eigenvalue weighted by molar-refractivity contribution is 5.39. The molecule has 0 bridgehead atoms. The minimum absolute atomic E-state index is 0.0433. The molecule has 0 saturated carbocycles. The van der Waals surface area contributed by atoms with Gasteiger partial charge in [0.1, 0.15) is 6.17 Å². The molecule has 0 spiro atoms. The molecule has 0 fully saturated rings. The first-order chi connectivity index (χ1) is 7.56. The van der Waals surface area contributed by atoms with E-state index in [0.717, 1.165) is 12.0 Å². The van der Waals surface area contributed by atoms with Crippen LogP contribution in [0.4, 0.5) is 4.39 Å². The van der Waals surface area contributed by atoms with E-state index in [-0.39, 0.29) is 5.92 Å². The van der Waals surface area contributed by atoms with E-state index in [1.54, 1.807) is 6.92 Å². The highest BCUT2D eigenvalue weighted by atomic mass is 19.1. The first kappa shape index (κ1) is 14.9. The van der Waals surface area contributed by atoms with Crippen LogP contribution in [-0.4, -0.2) is 6.17 Å². The summed E-state index contributed by atoms with van der Waals surface area (Å²) in [4.78, 5) is 0. The fraction of sp³-hybridized carbons (Fsp3) is 0.467. The van der Waals surface area contributed by atoms with Gasteiger partial charge in [-0.25, -0.2) is 4.39 Å². The molecule has 0 heterocycles. The Hall–Kier alpha value is -1.11. The second kappa shape index (κ2) is 8.09. The maximum absolute atomic E-state index is 13.0. The summed E-state index contributed by atoms with van der Waals surface area (Å²) in [6.45, 7) is 11.3. The third-order valence-electron chi connectivity index (χ3n) is 2.64. The topological polar surface area (TPSA) is 0 Å². The molecule has 2 unspecified atom stereocenters. The van der Waals surface area contributed by atoms with E-state index in [0.29, 0.717) is 0 Å². The standard InChI is InChI=1S/C15H23F/c1-6-9-14(7-2)15(8-3)11-10-12(4)13(5)16/h6-7,9-13H,2,8H2,1,3-5H3/b9-6-,11-10+,15-14-. The van der Waals surface area contributed by atoms with Gasteiger partial charge in [0.05, 0.1) is 0 Å². The van der Waals surface area contributed by atoms with Crippen LogP contribution in [0.1, 0.15) is 34.1 Å². The Morgan fingerprint density at radius 1 is 1.31 bits per heavy atom. The van der Waals surface area contributed by atoms with Crippen molar-refractivity contribution in [2.24, 2.45) is 5.92 Å². The molecule has 0 saturated heterocycles. The minimum atomic E-state index is -0.803. The van der Waals surface area contributed by atoms with Gasteiger partial charge in [-0.1, -0.05) is 50.8 Å². The summed E-state index contributed by atoms with van der Waals surface area (Å²) in [5, 5.41) is 0. The molecule has 1 heteroatoms. The molecule has 0 amide bonds. The first-order valence-corrected chi connectivity index (χ1v) is 5.87. The van der Waals surface area contributed by atoms with Gasteiger partial charge in [-0.2, -0.15) is 0 Å². The predicted octanol–water partition coefficient (Wildman–Crippen LogP) is 5.01. The number of rotatable bonds is 6. The largest absolute Gasteiger partial charge is 0.247 e. The fourth-order valence-corrected chi connectivity index (χ4v) is 1.32. The molecule has 0 aromatic rings. The van der Waals surface area contributed by atoms with Crippen LogP contribution in [0.25, 0.3) is 0 Å². The van der Waals surface area contributed by atoms with E-state index in [1.807, 2.05) is 44.2 Å². The van der Waals surface area contributed by atoms with Crippen LogP contribution in [0, 0.1) is 5.92 Å². The molecule has 0 aliphatic heterocycles. The van der Waals surface area contributed by atoms with Gasteiger partial charge >= 0.3 is 0 Å². The minimum Gasteiger partial charge on any atom is -0.247 e. The lowest BCUT2D eigenvalue weighted by Crippen LogP contribution is -2.04. The quantitative estimate of drug-likeness (QED) is 0.554. The van der Waals surface area contributed by atoms with Crippen LogP contribution in [0.15, 0.2) is 48.1 Å². The van der Waals surface area contributed by atoms with Crippen molar-refractivity contribution < 1.29 is 4.39 Å². The SMILES string of the molecule is C=CC(/C=C\C)=C(/C=C/C(C)C(C)F)CC. The molecule has 0 nitrogen and oxygen atoms in total. The average Bonchev–Trinajstić information content (AvgIpc) is 2.27. The van der Waals surface area contributed by atoms with Crippen molar-refractivity contribution in [3.63, 3.8) is 0 Å². The summed E-state index contributed by atoms with van der Waals surface area (Å²) in [6.07, 6.45) is 9.92. The summed E-state index contributed by atoms with van der Waals surface area (Å²) in [6, 6.07) is 0. The Balaban J connectivity index is 4.92. The first-order valence-electron chi connectivity index (χ1n) is 5.87. The Morgan fingerprint density at radius 3 is 2.31 bits per heavy atom. The maximum atomic E-state index is 13.0. The number of hydrogen-bond acceptors (Lipinski definition) is 0. The zero-order valence-corrected chi connectivity index (χ0v) is 10.8. The van der Waals surface area contributed by atoms with Crippen molar-refractivity contribution in [1.29, 1.82) is 0 Å². The van der Waals surface area contributed by atoms with Gasteiger partial charge in [0.2, 0.25) is 0 Å². The number of allylic oxidation sites excluding steroid dienone is 7. The zero-order valence-electron chi connectivity index (χ0n) is 10.8. The second-order valence-electron chi connectivity index (χ2n) is 3.93. The van der Waals surface area contributed by atoms with E-state index in [1.165, 1.54) is 5.57 Å². The molecule has 90 valence electrons.